The van der Waals surface area contributed by atoms with Crippen molar-refractivity contribution in [2.75, 3.05) is 7.11 Å². The van der Waals surface area contributed by atoms with Crippen LogP contribution in [0.2, 0.25) is 0 Å². The van der Waals surface area contributed by atoms with Crippen LogP contribution < -0.4 is 10.6 Å². The van der Waals surface area contributed by atoms with Crippen LogP contribution >= 0.6 is 0 Å². The number of rotatable bonds is 6. The van der Waals surface area contributed by atoms with Gasteiger partial charge in [-0.25, -0.2) is 4.79 Å². The minimum atomic E-state index is -0.761. The summed E-state index contributed by atoms with van der Waals surface area (Å²) < 4.78 is 4.51. The number of hydrogen-bond donors (Lipinski definition) is 2. The highest BCUT2D eigenvalue weighted by molar-refractivity contribution is 5.86. The van der Waals surface area contributed by atoms with Crippen LogP contribution in [0, 0.1) is 16.0 Å². The zero-order valence-electron chi connectivity index (χ0n) is 13.5. The van der Waals surface area contributed by atoms with Crippen LogP contribution in [0.15, 0.2) is 24.3 Å². The highest BCUT2D eigenvalue weighted by Crippen LogP contribution is 2.19. The van der Waals surface area contributed by atoms with Gasteiger partial charge in [0.05, 0.1) is 18.1 Å². The van der Waals surface area contributed by atoms with E-state index in [0.717, 1.165) is 0 Å². The molecule has 2 N–H and O–H groups in total. The van der Waals surface area contributed by atoms with Crippen molar-refractivity contribution in [1.82, 2.24) is 10.6 Å². The molecular weight excluding hydrogens is 302 g/mol. The second-order valence-corrected chi connectivity index (χ2v) is 5.44. The zero-order valence-corrected chi connectivity index (χ0v) is 13.5. The maximum atomic E-state index is 12.3. The first-order chi connectivity index (χ1) is 10.8. The lowest BCUT2D eigenvalue weighted by molar-refractivity contribution is -0.384. The van der Waals surface area contributed by atoms with Crippen molar-refractivity contribution in [3.05, 3.63) is 39.9 Å². The van der Waals surface area contributed by atoms with Crippen molar-refractivity contribution in [2.24, 2.45) is 5.92 Å². The standard InChI is InChI=1S/C15H21N3O5/c1-9(2)13(17-15(20)23-4)14(19)16-10(3)11-6-5-7-12(8-11)18(21)22/h5-10,13H,1-4H3,(H,16,19)(H,17,20)/t10?,13-/m1/s1. The summed E-state index contributed by atoms with van der Waals surface area (Å²) in [6.45, 7) is 5.29. The summed E-state index contributed by atoms with van der Waals surface area (Å²) >= 11 is 0. The van der Waals surface area contributed by atoms with Crippen LogP contribution in [-0.4, -0.2) is 30.1 Å². The Bertz CT molecular complexity index is 588. The van der Waals surface area contributed by atoms with E-state index in [1.54, 1.807) is 32.9 Å². The van der Waals surface area contributed by atoms with E-state index in [1.807, 2.05) is 0 Å². The summed E-state index contributed by atoms with van der Waals surface area (Å²) in [5.74, 6) is -0.532. The molecule has 0 aliphatic rings. The average molecular weight is 323 g/mol. The smallest absolute Gasteiger partial charge is 0.407 e. The van der Waals surface area contributed by atoms with Crippen molar-refractivity contribution in [3.8, 4) is 0 Å². The summed E-state index contributed by atoms with van der Waals surface area (Å²) in [7, 11) is 1.22. The quantitative estimate of drug-likeness (QED) is 0.615. The fourth-order valence-corrected chi connectivity index (χ4v) is 2.02. The van der Waals surface area contributed by atoms with Gasteiger partial charge >= 0.3 is 6.09 Å². The molecule has 2 amide bonds. The Morgan fingerprint density at radius 2 is 1.87 bits per heavy atom. The summed E-state index contributed by atoms with van der Waals surface area (Å²) in [6.07, 6.45) is -0.693. The molecule has 0 aromatic heterocycles. The molecule has 2 atom stereocenters. The Kier molecular flexibility index (Phi) is 6.49. The van der Waals surface area contributed by atoms with E-state index < -0.39 is 23.1 Å². The molecule has 0 saturated heterocycles. The number of methoxy groups -OCH3 is 1. The number of carbonyl (C=O) groups is 2. The molecule has 1 aromatic rings. The Balaban J connectivity index is 2.83. The number of nitro benzene ring substituents is 1. The predicted octanol–water partition coefficient (Wildman–Crippen LogP) is 2.15. The molecule has 0 radical (unpaired) electrons. The molecule has 0 saturated carbocycles. The van der Waals surface area contributed by atoms with E-state index in [4.69, 9.17) is 0 Å². The van der Waals surface area contributed by atoms with Gasteiger partial charge in [-0.05, 0) is 18.4 Å². The first-order valence-corrected chi connectivity index (χ1v) is 7.15. The van der Waals surface area contributed by atoms with Gasteiger partial charge in [0.15, 0.2) is 0 Å². The van der Waals surface area contributed by atoms with Crippen LogP contribution in [0.4, 0.5) is 10.5 Å². The van der Waals surface area contributed by atoms with E-state index >= 15 is 0 Å². The number of alkyl carbamates (subject to hydrolysis) is 1. The number of nitro groups is 1. The molecule has 1 rings (SSSR count). The predicted molar refractivity (Wildman–Crippen MR) is 83.8 cm³/mol. The molecule has 0 heterocycles. The molecule has 0 spiro atoms. The van der Waals surface area contributed by atoms with Crippen molar-refractivity contribution >= 4 is 17.7 Å². The van der Waals surface area contributed by atoms with E-state index in [-0.39, 0.29) is 17.5 Å². The van der Waals surface area contributed by atoms with Gasteiger partial charge in [-0.1, -0.05) is 26.0 Å². The topological polar surface area (TPSA) is 111 Å². The molecule has 23 heavy (non-hydrogen) atoms. The van der Waals surface area contributed by atoms with Gasteiger partial charge in [-0.15, -0.1) is 0 Å². The Morgan fingerprint density at radius 1 is 1.22 bits per heavy atom. The van der Waals surface area contributed by atoms with Crippen LogP contribution in [-0.2, 0) is 9.53 Å². The third kappa shape index (κ3) is 5.24. The van der Waals surface area contributed by atoms with Crippen molar-refractivity contribution in [2.45, 2.75) is 32.9 Å². The highest BCUT2D eigenvalue weighted by atomic mass is 16.6. The van der Waals surface area contributed by atoms with Crippen LogP contribution in [0.5, 0.6) is 0 Å². The Morgan fingerprint density at radius 3 is 2.39 bits per heavy atom. The summed E-state index contributed by atoms with van der Waals surface area (Å²) in [5.41, 5.74) is 0.560. The molecule has 0 aliphatic carbocycles. The van der Waals surface area contributed by atoms with Gasteiger partial charge in [-0.3, -0.25) is 14.9 Å². The first kappa shape index (κ1) is 18.4. The minimum Gasteiger partial charge on any atom is -0.453 e. The second kappa shape index (κ2) is 8.11. The van der Waals surface area contributed by atoms with Crippen LogP contribution in [0.1, 0.15) is 32.4 Å². The maximum absolute atomic E-state index is 12.3. The number of amides is 2. The first-order valence-electron chi connectivity index (χ1n) is 7.15. The van der Waals surface area contributed by atoms with Crippen molar-refractivity contribution < 1.29 is 19.2 Å². The van der Waals surface area contributed by atoms with Gasteiger partial charge < -0.3 is 15.4 Å². The van der Waals surface area contributed by atoms with Crippen molar-refractivity contribution in [1.29, 1.82) is 0 Å². The van der Waals surface area contributed by atoms with E-state index in [2.05, 4.69) is 15.4 Å². The second-order valence-electron chi connectivity index (χ2n) is 5.44. The summed E-state index contributed by atoms with van der Waals surface area (Å²) in [6, 6.07) is 4.84. The number of benzene rings is 1. The van der Waals surface area contributed by atoms with Gasteiger partial charge in [0.1, 0.15) is 6.04 Å². The molecule has 8 heteroatoms. The molecule has 126 valence electrons. The van der Waals surface area contributed by atoms with Gasteiger partial charge in [0.25, 0.3) is 5.69 Å². The average Bonchev–Trinajstić information content (AvgIpc) is 2.51. The fraction of sp³-hybridized carbons (Fsp3) is 0.467. The Hall–Kier alpha value is -2.64. The summed E-state index contributed by atoms with van der Waals surface area (Å²) in [5, 5.41) is 16.0. The fourth-order valence-electron chi connectivity index (χ4n) is 2.02. The normalized spacial score (nSPS) is 13.1. The summed E-state index contributed by atoms with van der Waals surface area (Å²) in [4.78, 5) is 34.0. The third-order valence-corrected chi connectivity index (χ3v) is 3.35. The molecule has 0 fully saturated rings. The largest absolute Gasteiger partial charge is 0.453 e. The molecule has 1 aromatic carbocycles. The molecule has 1 unspecified atom stereocenters. The van der Waals surface area contributed by atoms with E-state index in [0.29, 0.717) is 5.56 Å². The van der Waals surface area contributed by atoms with Crippen molar-refractivity contribution in [3.63, 3.8) is 0 Å². The lowest BCUT2D eigenvalue weighted by Crippen LogP contribution is -2.50. The number of ether oxygens (including phenoxy) is 1. The van der Waals surface area contributed by atoms with Gasteiger partial charge in [0.2, 0.25) is 5.91 Å². The van der Waals surface area contributed by atoms with Crippen LogP contribution in [0.3, 0.4) is 0 Å². The number of nitrogens with zero attached hydrogens (tertiary/aromatic N) is 1. The third-order valence-electron chi connectivity index (χ3n) is 3.35. The zero-order chi connectivity index (χ0) is 17.6. The Labute approximate surface area is 134 Å². The van der Waals surface area contributed by atoms with E-state index in [9.17, 15) is 19.7 Å². The highest BCUT2D eigenvalue weighted by Gasteiger charge is 2.26. The molecule has 0 bridgehead atoms. The lowest BCUT2D eigenvalue weighted by atomic mass is 10.0. The maximum Gasteiger partial charge on any atom is 0.407 e. The number of nitrogens with one attached hydrogen (secondary N) is 2. The number of hydrogen-bond acceptors (Lipinski definition) is 5. The van der Waals surface area contributed by atoms with E-state index in [1.165, 1.54) is 19.2 Å². The van der Waals surface area contributed by atoms with Crippen LogP contribution in [0.25, 0.3) is 0 Å². The lowest BCUT2D eigenvalue weighted by Gasteiger charge is -2.23. The molecular formula is C15H21N3O5. The SMILES string of the molecule is COC(=O)N[C@@H](C(=O)NC(C)c1cccc([N+](=O)[O-])c1)C(C)C. The van der Waals surface area contributed by atoms with Gasteiger partial charge in [-0.2, -0.15) is 0 Å². The minimum absolute atomic E-state index is 0.0447. The number of non-ortho nitro benzene ring substituents is 1. The number of carbonyl (C=O) groups excluding carboxylic acids is 2. The molecule has 8 nitrogen and oxygen atoms in total. The van der Waals surface area contributed by atoms with Gasteiger partial charge in [0, 0.05) is 12.1 Å². The monoisotopic (exact) mass is 323 g/mol. The molecule has 0 aliphatic heterocycles.